The molecule has 1 aliphatic rings. The van der Waals surface area contributed by atoms with Crippen LogP contribution in [0.4, 0.5) is 0 Å². The molecule has 1 N–H and O–H groups in total. The van der Waals surface area contributed by atoms with Crippen LogP contribution in [0.25, 0.3) is 0 Å². The standard InChI is InChI=1S/C13H23N3O3S/c1-11-13(9-12(19-11)10-14-2)20(17,18)16-6-4-5-15(3)7-8-16/h9,14H,4-8,10H2,1-3H3. The van der Waals surface area contributed by atoms with E-state index in [0.717, 1.165) is 19.5 Å². The van der Waals surface area contributed by atoms with Crippen LogP contribution in [-0.4, -0.2) is 57.9 Å². The summed E-state index contributed by atoms with van der Waals surface area (Å²) in [5.41, 5.74) is 0. The molecular formula is C13H23N3O3S. The van der Waals surface area contributed by atoms with E-state index >= 15 is 0 Å². The van der Waals surface area contributed by atoms with Gasteiger partial charge in [-0.15, -0.1) is 0 Å². The molecule has 0 bridgehead atoms. The molecule has 114 valence electrons. The van der Waals surface area contributed by atoms with E-state index in [-0.39, 0.29) is 0 Å². The first-order chi connectivity index (χ1) is 9.45. The van der Waals surface area contributed by atoms with Crippen molar-refractivity contribution >= 4 is 10.0 Å². The van der Waals surface area contributed by atoms with Gasteiger partial charge in [-0.1, -0.05) is 0 Å². The molecule has 7 heteroatoms. The highest BCUT2D eigenvalue weighted by molar-refractivity contribution is 7.89. The monoisotopic (exact) mass is 301 g/mol. The van der Waals surface area contributed by atoms with E-state index in [4.69, 9.17) is 4.42 Å². The highest BCUT2D eigenvalue weighted by Crippen LogP contribution is 2.24. The highest BCUT2D eigenvalue weighted by atomic mass is 32.2. The summed E-state index contributed by atoms with van der Waals surface area (Å²) in [6, 6.07) is 1.63. The minimum absolute atomic E-state index is 0.298. The van der Waals surface area contributed by atoms with Crippen LogP contribution in [0, 0.1) is 6.92 Å². The van der Waals surface area contributed by atoms with Gasteiger partial charge in [-0.05, 0) is 34.0 Å². The number of sulfonamides is 1. The molecule has 0 spiro atoms. The largest absolute Gasteiger partial charge is 0.464 e. The lowest BCUT2D eigenvalue weighted by atomic mass is 10.4. The Balaban J connectivity index is 2.25. The topological polar surface area (TPSA) is 65.8 Å². The van der Waals surface area contributed by atoms with Crippen molar-refractivity contribution in [3.63, 3.8) is 0 Å². The van der Waals surface area contributed by atoms with Gasteiger partial charge in [-0.25, -0.2) is 8.42 Å². The first kappa shape index (κ1) is 15.5. The van der Waals surface area contributed by atoms with Crippen molar-refractivity contribution in [3.8, 4) is 0 Å². The van der Waals surface area contributed by atoms with Crippen molar-refractivity contribution in [3.05, 3.63) is 17.6 Å². The average Bonchev–Trinajstić information content (AvgIpc) is 2.61. The van der Waals surface area contributed by atoms with Gasteiger partial charge < -0.3 is 14.6 Å². The minimum atomic E-state index is -3.45. The Morgan fingerprint density at radius 2 is 2.05 bits per heavy atom. The lowest BCUT2D eigenvalue weighted by Gasteiger charge is -2.19. The predicted molar refractivity (Wildman–Crippen MR) is 77.1 cm³/mol. The van der Waals surface area contributed by atoms with Gasteiger partial charge in [0.15, 0.2) is 0 Å². The molecule has 0 saturated carbocycles. The Morgan fingerprint density at radius 3 is 2.75 bits per heavy atom. The smallest absolute Gasteiger partial charge is 0.246 e. The van der Waals surface area contributed by atoms with E-state index in [0.29, 0.717) is 36.1 Å². The molecule has 20 heavy (non-hydrogen) atoms. The second kappa shape index (κ2) is 6.26. The summed E-state index contributed by atoms with van der Waals surface area (Å²) in [5, 5.41) is 2.96. The molecule has 2 rings (SSSR count). The van der Waals surface area contributed by atoms with Crippen molar-refractivity contribution in [1.82, 2.24) is 14.5 Å². The summed E-state index contributed by atoms with van der Waals surface area (Å²) in [7, 11) is 0.369. The van der Waals surface area contributed by atoms with Gasteiger partial charge in [-0.3, -0.25) is 0 Å². The van der Waals surface area contributed by atoms with E-state index in [9.17, 15) is 8.42 Å². The number of aryl methyl sites for hydroxylation is 1. The summed E-state index contributed by atoms with van der Waals surface area (Å²) >= 11 is 0. The Hall–Kier alpha value is -0.890. The molecule has 1 saturated heterocycles. The van der Waals surface area contributed by atoms with E-state index < -0.39 is 10.0 Å². The van der Waals surface area contributed by atoms with Gasteiger partial charge >= 0.3 is 0 Å². The van der Waals surface area contributed by atoms with Crippen LogP contribution in [0.5, 0.6) is 0 Å². The molecule has 0 aliphatic carbocycles. The van der Waals surface area contributed by atoms with E-state index in [2.05, 4.69) is 10.2 Å². The lowest BCUT2D eigenvalue weighted by molar-refractivity contribution is 0.347. The molecule has 1 fully saturated rings. The summed E-state index contributed by atoms with van der Waals surface area (Å²) in [5.74, 6) is 1.11. The van der Waals surface area contributed by atoms with E-state index in [1.54, 1.807) is 24.3 Å². The van der Waals surface area contributed by atoms with Gasteiger partial charge in [0.05, 0.1) is 6.54 Å². The van der Waals surface area contributed by atoms with Crippen molar-refractivity contribution in [2.45, 2.75) is 24.8 Å². The number of nitrogens with zero attached hydrogens (tertiary/aromatic N) is 2. The maximum atomic E-state index is 12.7. The van der Waals surface area contributed by atoms with Crippen LogP contribution >= 0.6 is 0 Å². The zero-order chi connectivity index (χ0) is 14.8. The maximum Gasteiger partial charge on any atom is 0.246 e. The minimum Gasteiger partial charge on any atom is -0.464 e. The molecule has 0 radical (unpaired) electrons. The molecule has 0 unspecified atom stereocenters. The SMILES string of the molecule is CNCc1cc(S(=O)(=O)N2CCCN(C)CC2)c(C)o1. The Kier molecular flexibility index (Phi) is 4.85. The third-order valence-corrected chi connectivity index (χ3v) is 5.58. The van der Waals surface area contributed by atoms with E-state index in [1.807, 2.05) is 7.05 Å². The van der Waals surface area contributed by atoms with Gasteiger partial charge in [0.2, 0.25) is 10.0 Å². The van der Waals surface area contributed by atoms with Crippen LogP contribution in [0.15, 0.2) is 15.4 Å². The second-order valence-electron chi connectivity index (χ2n) is 5.22. The number of rotatable bonds is 4. The predicted octanol–water partition coefficient (Wildman–Crippen LogP) is 0.634. The van der Waals surface area contributed by atoms with Crippen molar-refractivity contribution in [1.29, 1.82) is 0 Å². The molecule has 0 amide bonds. The van der Waals surface area contributed by atoms with Crippen molar-refractivity contribution in [2.24, 2.45) is 0 Å². The fourth-order valence-corrected chi connectivity index (χ4v) is 4.10. The van der Waals surface area contributed by atoms with Crippen LogP contribution in [-0.2, 0) is 16.6 Å². The number of furan rings is 1. The Morgan fingerprint density at radius 1 is 1.30 bits per heavy atom. The maximum absolute atomic E-state index is 12.7. The molecule has 6 nitrogen and oxygen atoms in total. The summed E-state index contributed by atoms with van der Waals surface area (Å²) in [4.78, 5) is 2.46. The van der Waals surface area contributed by atoms with Gasteiger partial charge in [0, 0.05) is 25.7 Å². The number of nitrogens with one attached hydrogen (secondary N) is 1. The summed E-state index contributed by atoms with van der Waals surface area (Å²) in [6.45, 7) is 5.03. The summed E-state index contributed by atoms with van der Waals surface area (Å²) < 4.78 is 32.5. The first-order valence-corrected chi connectivity index (χ1v) is 8.31. The van der Waals surface area contributed by atoms with Crippen LogP contribution in [0.2, 0.25) is 0 Å². The molecule has 0 aromatic carbocycles. The van der Waals surface area contributed by atoms with Gasteiger partial charge in [0.25, 0.3) is 0 Å². The number of hydrogen-bond donors (Lipinski definition) is 1. The fourth-order valence-electron chi connectivity index (χ4n) is 2.44. The quantitative estimate of drug-likeness (QED) is 0.884. The molecule has 0 atom stereocenters. The van der Waals surface area contributed by atoms with Crippen LogP contribution in [0.3, 0.4) is 0 Å². The zero-order valence-electron chi connectivity index (χ0n) is 12.3. The Labute approximate surface area is 120 Å². The molecule has 1 aromatic heterocycles. The highest BCUT2D eigenvalue weighted by Gasteiger charge is 2.29. The Bertz CT molecular complexity index is 553. The van der Waals surface area contributed by atoms with Gasteiger partial charge in [0.1, 0.15) is 16.4 Å². The summed E-state index contributed by atoms with van der Waals surface area (Å²) in [6.07, 6.45) is 0.857. The average molecular weight is 301 g/mol. The van der Waals surface area contributed by atoms with Crippen LogP contribution < -0.4 is 5.32 Å². The first-order valence-electron chi connectivity index (χ1n) is 6.87. The van der Waals surface area contributed by atoms with Crippen LogP contribution in [0.1, 0.15) is 17.9 Å². The fraction of sp³-hybridized carbons (Fsp3) is 0.692. The third-order valence-electron chi connectivity index (χ3n) is 3.57. The van der Waals surface area contributed by atoms with Gasteiger partial charge in [-0.2, -0.15) is 4.31 Å². The molecular weight excluding hydrogens is 278 g/mol. The van der Waals surface area contributed by atoms with Crippen molar-refractivity contribution in [2.75, 3.05) is 40.3 Å². The molecule has 1 aromatic rings. The molecule has 1 aliphatic heterocycles. The number of likely N-dealkylation sites (N-methyl/N-ethyl adjacent to an activating group) is 1. The normalized spacial score (nSPS) is 19.1. The van der Waals surface area contributed by atoms with Crippen molar-refractivity contribution < 1.29 is 12.8 Å². The zero-order valence-corrected chi connectivity index (χ0v) is 13.2. The lowest BCUT2D eigenvalue weighted by Crippen LogP contribution is -2.34. The second-order valence-corrected chi connectivity index (χ2v) is 7.13. The van der Waals surface area contributed by atoms with E-state index in [1.165, 1.54) is 0 Å². The third kappa shape index (κ3) is 3.22. The molecule has 2 heterocycles. The number of hydrogen-bond acceptors (Lipinski definition) is 5.